The van der Waals surface area contributed by atoms with Crippen LogP contribution in [0.1, 0.15) is 16.1 Å². The topological polar surface area (TPSA) is 84.3 Å². The van der Waals surface area contributed by atoms with E-state index in [1.54, 1.807) is 0 Å². The van der Waals surface area contributed by atoms with Gasteiger partial charge in [0.2, 0.25) is 0 Å². The van der Waals surface area contributed by atoms with Crippen LogP contribution in [0.5, 0.6) is 0 Å². The highest BCUT2D eigenvalue weighted by atomic mass is 32.1. The van der Waals surface area contributed by atoms with Crippen LogP contribution in [-0.2, 0) is 0 Å². The number of hydrogen-bond donors (Lipinski definition) is 2. The van der Waals surface area contributed by atoms with Crippen LogP contribution in [0.25, 0.3) is 0 Å². The van der Waals surface area contributed by atoms with E-state index in [4.69, 9.17) is 0 Å². The highest BCUT2D eigenvalue weighted by molar-refractivity contribution is 7.17. The van der Waals surface area contributed by atoms with E-state index < -0.39 is 4.92 Å². The summed E-state index contributed by atoms with van der Waals surface area (Å²) in [6.07, 6.45) is 0.902. The second-order valence-corrected chi connectivity index (χ2v) is 4.62. The lowest BCUT2D eigenvalue weighted by Crippen LogP contribution is -2.35. The number of carbonyl (C=O) groups excluding carboxylic acids is 1. The Balaban J connectivity index is 1.99. The number of amides is 1. The number of thiophene rings is 1. The Morgan fingerprint density at radius 2 is 2.44 bits per heavy atom. The molecule has 0 aromatic carbocycles. The summed E-state index contributed by atoms with van der Waals surface area (Å²) in [5.41, 5.74) is 0. The van der Waals surface area contributed by atoms with Gasteiger partial charge in [-0.3, -0.25) is 14.9 Å². The number of nitrogens with one attached hydrogen (secondary N) is 2. The predicted octanol–water partition coefficient (Wildman–Crippen LogP) is 0.748. The van der Waals surface area contributed by atoms with Crippen LogP contribution in [-0.4, -0.2) is 30.0 Å². The number of carbonyl (C=O) groups is 1. The molecule has 1 fully saturated rings. The second kappa shape index (κ2) is 4.58. The van der Waals surface area contributed by atoms with Crippen molar-refractivity contribution in [1.29, 1.82) is 0 Å². The van der Waals surface area contributed by atoms with Crippen LogP contribution >= 0.6 is 11.3 Å². The van der Waals surface area contributed by atoms with E-state index in [1.807, 2.05) is 0 Å². The quantitative estimate of drug-likeness (QED) is 0.604. The second-order valence-electron chi connectivity index (χ2n) is 3.56. The van der Waals surface area contributed by atoms with Crippen molar-refractivity contribution in [2.24, 2.45) is 0 Å². The van der Waals surface area contributed by atoms with Crippen LogP contribution in [0.2, 0.25) is 0 Å². The molecule has 1 aliphatic rings. The zero-order chi connectivity index (χ0) is 11.5. The van der Waals surface area contributed by atoms with Crippen LogP contribution in [0.3, 0.4) is 0 Å². The van der Waals surface area contributed by atoms with Crippen molar-refractivity contribution < 1.29 is 9.72 Å². The van der Waals surface area contributed by atoms with Crippen molar-refractivity contribution >= 4 is 22.2 Å². The standard InChI is InChI=1S/C9H11N3O3S/c13-9(11-6-3-4-10-5-6)7-1-2-8(16-7)12(14)15/h1-2,6,10H,3-5H2,(H,11,13). The van der Waals surface area contributed by atoms with Gasteiger partial charge in [-0.15, -0.1) is 0 Å². The summed E-state index contributed by atoms with van der Waals surface area (Å²) in [6, 6.07) is 2.97. The van der Waals surface area contributed by atoms with Crippen LogP contribution in [0.4, 0.5) is 5.00 Å². The maximum absolute atomic E-state index is 11.7. The van der Waals surface area contributed by atoms with Gasteiger partial charge >= 0.3 is 5.00 Å². The summed E-state index contributed by atoms with van der Waals surface area (Å²) in [4.78, 5) is 22.0. The molecule has 0 bridgehead atoms. The lowest BCUT2D eigenvalue weighted by molar-refractivity contribution is -0.380. The zero-order valence-corrected chi connectivity index (χ0v) is 9.25. The Labute approximate surface area is 95.8 Å². The largest absolute Gasteiger partial charge is 0.347 e. The van der Waals surface area contributed by atoms with Crippen LogP contribution in [0, 0.1) is 10.1 Å². The molecule has 7 heteroatoms. The monoisotopic (exact) mass is 241 g/mol. The molecule has 2 rings (SSSR count). The number of nitro groups is 1. The van der Waals surface area contributed by atoms with E-state index in [-0.39, 0.29) is 17.0 Å². The summed E-state index contributed by atoms with van der Waals surface area (Å²) in [6.45, 7) is 1.66. The van der Waals surface area contributed by atoms with Gasteiger partial charge in [-0.25, -0.2) is 0 Å². The minimum Gasteiger partial charge on any atom is -0.347 e. The Morgan fingerprint density at radius 1 is 1.62 bits per heavy atom. The first kappa shape index (κ1) is 11.0. The zero-order valence-electron chi connectivity index (χ0n) is 8.43. The summed E-state index contributed by atoms with van der Waals surface area (Å²) in [7, 11) is 0. The Morgan fingerprint density at radius 3 is 3.00 bits per heavy atom. The van der Waals surface area contributed by atoms with Gasteiger partial charge in [-0.05, 0) is 19.0 Å². The molecule has 6 nitrogen and oxygen atoms in total. The lowest BCUT2D eigenvalue weighted by Gasteiger charge is -2.09. The maximum Gasteiger partial charge on any atom is 0.324 e. The fourth-order valence-corrected chi connectivity index (χ4v) is 2.31. The molecule has 2 N–H and O–H groups in total. The molecule has 1 aromatic rings. The van der Waals surface area contributed by atoms with Crippen molar-refractivity contribution in [3.05, 3.63) is 27.1 Å². The molecule has 0 saturated carbocycles. The van der Waals surface area contributed by atoms with Crippen molar-refractivity contribution in [1.82, 2.24) is 10.6 Å². The molecule has 0 spiro atoms. The van der Waals surface area contributed by atoms with Gasteiger partial charge in [-0.2, -0.15) is 0 Å². The van der Waals surface area contributed by atoms with E-state index >= 15 is 0 Å². The maximum atomic E-state index is 11.7. The van der Waals surface area contributed by atoms with Gasteiger partial charge in [0.15, 0.2) is 0 Å². The first-order valence-electron chi connectivity index (χ1n) is 4.92. The minimum atomic E-state index is -0.488. The summed E-state index contributed by atoms with van der Waals surface area (Å²) >= 11 is 0.901. The lowest BCUT2D eigenvalue weighted by atomic mass is 10.2. The first-order chi connectivity index (χ1) is 7.66. The van der Waals surface area contributed by atoms with Crippen molar-refractivity contribution in [3.8, 4) is 0 Å². The summed E-state index contributed by atoms with van der Waals surface area (Å²) < 4.78 is 0. The normalized spacial score (nSPS) is 19.6. The van der Waals surface area contributed by atoms with Crippen LogP contribution < -0.4 is 10.6 Å². The first-order valence-corrected chi connectivity index (χ1v) is 5.74. The number of nitrogens with zero attached hydrogens (tertiary/aromatic N) is 1. The van der Waals surface area contributed by atoms with E-state index in [0.717, 1.165) is 30.8 Å². The predicted molar refractivity (Wildman–Crippen MR) is 59.7 cm³/mol. The van der Waals surface area contributed by atoms with Gasteiger partial charge in [0.05, 0.1) is 9.80 Å². The van der Waals surface area contributed by atoms with Gasteiger partial charge in [0.1, 0.15) is 0 Å². The molecule has 1 saturated heterocycles. The fraction of sp³-hybridized carbons (Fsp3) is 0.444. The summed E-state index contributed by atoms with van der Waals surface area (Å²) in [5, 5.41) is 16.4. The van der Waals surface area contributed by atoms with E-state index in [1.165, 1.54) is 12.1 Å². The molecule has 2 heterocycles. The molecule has 16 heavy (non-hydrogen) atoms. The number of hydrogen-bond acceptors (Lipinski definition) is 5. The molecule has 0 radical (unpaired) electrons. The third-order valence-corrected chi connectivity index (χ3v) is 3.43. The Kier molecular flexibility index (Phi) is 3.16. The van der Waals surface area contributed by atoms with E-state index in [2.05, 4.69) is 10.6 Å². The third-order valence-electron chi connectivity index (χ3n) is 2.39. The highest BCUT2D eigenvalue weighted by Crippen LogP contribution is 2.23. The van der Waals surface area contributed by atoms with Gasteiger partial charge < -0.3 is 10.6 Å². The van der Waals surface area contributed by atoms with Gasteiger partial charge in [0.25, 0.3) is 5.91 Å². The molecule has 0 aliphatic carbocycles. The Bertz CT molecular complexity index is 412. The van der Waals surface area contributed by atoms with Crippen molar-refractivity contribution in [2.75, 3.05) is 13.1 Å². The smallest absolute Gasteiger partial charge is 0.324 e. The van der Waals surface area contributed by atoms with E-state index in [9.17, 15) is 14.9 Å². The van der Waals surface area contributed by atoms with Crippen molar-refractivity contribution in [2.45, 2.75) is 12.5 Å². The fourth-order valence-electron chi connectivity index (χ4n) is 1.58. The molecular formula is C9H11N3O3S. The SMILES string of the molecule is O=C(NC1CCNC1)c1ccc([N+](=O)[O-])s1. The molecule has 86 valence electrons. The minimum absolute atomic E-state index is 0.00491. The number of rotatable bonds is 3. The van der Waals surface area contributed by atoms with Crippen LogP contribution in [0.15, 0.2) is 12.1 Å². The van der Waals surface area contributed by atoms with Gasteiger partial charge in [-0.1, -0.05) is 11.3 Å². The molecule has 1 aliphatic heterocycles. The average molecular weight is 241 g/mol. The molecule has 1 aromatic heterocycles. The highest BCUT2D eigenvalue weighted by Gasteiger charge is 2.20. The summed E-state index contributed by atoms with van der Waals surface area (Å²) in [5.74, 6) is -0.230. The molecule has 1 unspecified atom stereocenters. The Hall–Kier alpha value is -1.47. The average Bonchev–Trinajstić information content (AvgIpc) is 2.86. The molecular weight excluding hydrogens is 230 g/mol. The molecule has 1 atom stereocenters. The van der Waals surface area contributed by atoms with Gasteiger partial charge in [0, 0.05) is 18.7 Å². The van der Waals surface area contributed by atoms with E-state index in [0.29, 0.717) is 4.88 Å². The van der Waals surface area contributed by atoms with Crippen molar-refractivity contribution in [3.63, 3.8) is 0 Å². The third kappa shape index (κ3) is 2.37. The molecule has 1 amide bonds.